The second-order valence-corrected chi connectivity index (χ2v) is 6.05. The van der Waals surface area contributed by atoms with E-state index < -0.39 is 6.61 Å². The van der Waals surface area contributed by atoms with Gasteiger partial charge in [0.2, 0.25) is 0 Å². The van der Waals surface area contributed by atoms with E-state index in [1.807, 2.05) is 0 Å². The maximum atomic E-state index is 13.7. The zero-order chi connectivity index (χ0) is 17.1. The van der Waals surface area contributed by atoms with Gasteiger partial charge in [-0.3, -0.25) is 4.79 Å². The van der Waals surface area contributed by atoms with E-state index in [1.165, 1.54) is 35.6 Å². The third-order valence-corrected chi connectivity index (χ3v) is 4.43. The van der Waals surface area contributed by atoms with Crippen LogP contribution in [0.5, 0.6) is 5.75 Å². The number of amides is 1. The van der Waals surface area contributed by atoms with Crippen molar-refractivity contribution in [3.63, 3.8) is 0 Å². The van der Waals surface area contributed by atoms with Gasteiger partial charge in [0.1, 0.15) is 11.6 Å². The average molecular weight is 351 g/mol. The molecule has 3 nitrogen and oxygen atoms in total. The molecule has 0 atom stereocenters. The first-order valence-electron chi connectivity index (χ1n) is 7.03. The van der Waals surface area contributed by atoms with Gasteiger partial charge in [-0.05, 0) is 35.9 Å². The lowest BCUT2D eigenvalue weighted by Crippen LogP contribution is -2.21. The molecule has 0 unspecified atom stereocenters. The Morgan fingerprint density at radius 1 is 1.17 bits per heavy atom. The fraction of sp³-hybridized carbons (Fsp3) is 0.118. The average Bonchev–Trinajstić information content (AvgIpc) is 2.99. The van der Waals surface area contributed by atoms with Gasteiger partial charge in [-0.25, -0.2) is 4.39 Å². The Bertz CT molecular complexity index is 862. The van der Waals surface area contributed by atoms with Gasteiger partial charge < -0.3 is 10.1 Å². The number of rotatable bonds is 5. The third kappa shape index (κ3) is 3.68. The van der Waals surface area contributed by atoms with Crippen molar-refractivity contribution >= 4 is 27.3 Å². The molecule has 0 aliphatic carbocycles. The summed E-state index contributed by atoms with van der Waals surface area (Å²) in [6.07, 6.45) is 0. The molecule has 0 aliphatic heterocycles. The van der Waals surface area contributed by atoms with Crippen LogP contribution in [0.3, 0.4) is 0 Å². The minimum Gasteiger partial charge on any atom is -0.435 e. The van der Waals surface area contributed by atoms with Gasteiger partial charge in [-0.2, -0.15) is 8.78 Å². The van der Waals surface area contributed by atoms with Crippen LogP contribution in [0.15, 0.2) is 48.5 Å². The minimum absolute atomic E-state index is 0.0556. The number of benzene rings is 2. The van der Waals surface area contributed by atoms with E-state index in [-0.39, 0.29) is 24.0 Å². The van der Waals surface area contributed by atoms with Crippen LogP contribution < -0.4 is 10.1 Å². The van der Waals surface area contributed by atoms with Crippen molar-refractivity contribution in [1.29, 1.82) is 0 Å². The van der Waals surface area contributed by atoms with Crippen LogP contribution in [0.25, 0.3) is 10.1 Å². The van der Waals surface area contributed by atoms with Gasteiger partial charge in [0.05, 0.1) is 4.88 Å². The summed E-state index contributed by atoms with van der Waals surface area (Å²) in [5.74, 6) is -0.624. The molecule has 7 heteroatoms. The highest BCUT2D eigenvalue weighted by Crippen LogP contribution is 2.27. The van der Waals surface area contributed by atoms with Gasteiger partial charge in [0.15, 0.2) is 0 Å². The maximum absolute atomic E-state index is 13.7. The molecule has 1 amide bonds. The molecular formula is C17H12F3NO2S. The number of halogens is 3. The lowest BCUT2D eigenvalue weighted by atomic mass is 10.2. The van der Waals surface area contributed by atoms with Gasteiger partial charge in [0.25, 0.3) is 5.91 Å². The summed E-state index contributed by atoms with van der Waals surface area (Å²) in [5, 5.41) is 3.13. The first-order chi connectivity index (χ1) is 11.5. The quantitative estimate of drug-likeness (QED) is 0.731. The highest BCUT2D eigenvalue weighted by Gasteiger charge is 2.12. The lowest BCUT2D eigenvalue weighted by molar-refractivity contribution is -0.0498. The van der Waals surface area contributed by atoms with E-state index in [0.717, 1.165) is 5.56 Å². The number of carbonyl (C=O) groups is 1. The van der Waals surface area contributed by atoms with E-state index in [9.17, 15) is 18.0 Å². The van der Waals surface area contributed by atoms with Crippen LogP contribution in [0.2, 0.25) is 0 Å². The number of nitrogens with one attached hydrogen (secondary N) is 1. The fourth-order valence-corrected chi connectivity index (χ4v) is 3.19. The summed E-state index contributed by atoms with van der Waals surface area (Å²) in [6, 6.07) is 12.2. The SMILES string of the molecule is O=C(NCc1ccc(OC(F)F)cc1)c1cc2c(F)cccc2s1. The fourth-order valence-electron chi connectivity index (χ4n) is 2.20. The number of thiophene rings is 1. The summed E-state index contributed by atoms with van der Waals surface area (Å²) in [6.45, 7) is -2.64. The summed E-state index contributed by atoms with van der Waals surface area (Å²) >= 11 is 1.21. The first-order valence-corrected chi connectivity index (χ1v) is 7.84. The maximum Gasteiger partial charge on any atom is 0.387 e. The minimum atomic E-state index is -2.87. The number of alkyl halides is 2. The Balaban J connectivity index is 1.65. The second kappa shape index (κ2) is 6.92. The highest BCUT2D eigenvalue weighted by molar-refractivity contribution is 7.20. The molecule has 3 rings (SSSR count). The zero-order valence-electron chi connectivity index (χ0n) is 12.3. The molecule has 1 aromatic heterocycles. The molecule has 2 aromatic carbocycles. The predicted octanol–water partition coefficient (Wildman–Crippen LogP) is 4.57. The molecule has 24 heavy (non-hydrogen) atoms. The number of hydrogen-bond acceptors (Lipinski definition) is 3. The second-order valence-electron chi connectivity index (χ2n) is 4.97. The summed E-state index contributed by atoms with van der Waals surface area (Å²) < 4.78 is 42.8. The molecule has 0 saturated heterocycles. The molecule has 0 fully saturated rings. The van der Waals surface area contributed by atoms with Crippen molar-refractivity contribution in [2.24, 2.45) is 0 Å². The van der Waals surface area contributed by atoms with Crippen molar-refractivity contribution < 1.29 is 22.7 Å². The molecule has 0 radical (unpaired) electrons. The number of ether oxygens (including phenoxy) is 1. The van der Waals surface area contributed by atoms with E-state index in [1.54, 1.807) is 24.3 Å². The molecular weight excluding hydrogens is 339 g/mol. The molecule has 0 spiro atoms. The molecule has 1 N–H and O–H groups in total. The van der Waals surface area contributed by atoms with E-state index in [2.05, 4.69) is 10.1 Å². The third-order valence-electron chi connectivity index (χ3n) is 3.33. The number of hydrogen-bond donors (Lipinski definition) is 1. The molecule has 3 aromatic rings. The standard InChI is InChI=1S/C17H12F3NO2S/c18-13-2-1-3-14-12(13)8-15(24-14)16(22)21-9-10-4-6-11(7-5-10)23-17(19)20/h1-8,17H,9H2,(H,21,22). The Morgan fingerprint density at radius 2 is 1.92 bits per heavy atom. The summed E-state index contributed by atoms with van der Waals surface area (Å²) in [7, 11) is 0. The van der Waals surface area contributed by atoms with E-state index >= 15 is 0 Å². The monoisotopic (exact) mass is 351 g/mol. The Morgan fingerprint density at radius 3 is 2.58 bits per heavy atom. The molecule has 0 bridgehead atoms. The zero-order valence-corrected chi connectivity index (χ0v) is 13.1. The smallest absolute Gasteiger partial charge is 0.387 e. The topological polar surface area (TPSA) is 38.3 Å². The molecule has 0 saturated carbocycles. The molecule has 124 valence electrons. The summed E-state index contributed by atoms with van der Waals surface area (Å²) in [5.41, 5.74) is 0.734. The largest absolute Gasteiger partial charge is 0.435 e. The van der Waals surface area contributed by atoms with E-state index in [0.29, 0.717) is 15.0 Å². The Hall–Kier alpha value is -2.54. The van der Waals surface area contributed by atoms with Gasteiger partial charge in [-0.1, -0.05) is 18.2 Å². The van der Waals surface area contributed by atoms with Gasteiger partial charge in [0, 0.05) is 16.6 Å². The Kier molecular flexibility index (Phi) is 4.71. The van der Waals surface area contributed by atoms with Crippen molar-refractivity contribution in [2.45, 2.75) is 13.2 Å². The lowest BCUT2D eigenvalue weighted by Gasteiger charge is -2.06. The van der Waals surface area contributed by atoms with Gasteiger partial charge in [-0.15, -0.1) is 11.3 Å². The Labute approximate surface area is 139 Å². The molecule has 0 aliphatic rings. The van der Waals surface area contributed by atoms with Crippen LogP contribution in [0, 0.1) is 5.82 Å². The highest BCUT2D eigenvalue weighted by atomic mass is 32.1. The van der Waals surface area contributed by atoms with Crippen molar-refractivity contribution in [3.05, 3.63) is 64.8 Å². The van der Waals surface area contributed by atoms with Crippen LogP contribution in [0.1, 0.15) is 15.2 Å². The predicted molar refractivity (Wildman–Crippen MR) is 86.0 cm³/mol. The molecule has 1 heterocycles. The first kappa shape index (κ1) is 16.3. The van der Waals surface area contributed by atoms with Crippen LogP contribution >= 0.6 is 11.3 Å². The normalized spacial score (nSPS) is 11.0. The number of carbonyl (C=O) groups excluding carboxylic acids is 1. The van der Waals surface area contributed by atoms with Crippen LogP contribution in [-0.2, 0) is 6.54 Å². The van der Waals surface area contributed by atoms with Crippen molar-refractivity contribution in [1.82, 2.24) is 5.32 Å². The van der Waals surface area contributed by atoms with Gasteiger partial charge >= 0.3 is 6.61 Å². The van der Waals surface area contributed by atoms with E-state index in [4.69, 9.17) is 0 Å². The van der Waals surface area contributed by atoms with Crippen LogP contribution in [0.4, 0.5) is 13.2 Å². The van der Waals surface area contributed by atoms with Crippen molar-refractivity contribution in [2.75, 3.05) is 0 Å². The van der Waals surface area contributed by atoms with Crippen molar-refractivity contribution in [3.8, 4) is 5.75 Å². The van der Waals surface area contributed by atoms with Crippen LogP contribution in [-0.4, -0.2) is 12.5 Å². The summed E-state index contributed by atoms with van der Waals surface area (Å²) in [4.78, 5) is 12.6. The number of fused-ring (bicyclic) bond motifs is 1.